The maximum atomic E-state index is 11.7. The lowest BCUT2D eigenvalue weighted by molar-refractivity contribution is 0.118. The summed E-state index contributed by atoms with van der Waals surface area (Å²) in [6.07, 6.45) is 2.48. The summed E-state index contributed by atoms with van der Waals surface area (Å²) in [7, 11) is -1.78. The Morgan fingerprint density at radius 3 is 2.80 bits per heavy atom. The molecule has 1 N–H and O–H groups in total. The van der Waals surface area contributed by atoms with Crippen LogP contribution in [0, 0.1) is 0 Å². The van der Waals surface area contributed by atoms with E-state index in [9.17, 15) is 8.42 Å². The molecule has 0 amide bonds. The number of hydrogen-bond donors (Lipinski definition) is 1. The zero-order chi connectivity index (χ0) is 14.8. The molecule has 1 atom stereocenters. The molecule has 2 rings (SSSR count). The van der Waals surface area contributed by atoms with Crippen molar-refractivity contribution in [2.24, 2.45) is 0 Å². The van der Waals surface area contributed by atoms with Gasteiger partial charge in [-0.25, -0.2) is 13.4 Å². The third-order valence-electron chi connectivity index (χ3n) is 2.54. The van der Waals surface area contributed by atoms with Crippen LogP contribution in [0.2, 0.25) is 0 Å². The largest absolute Gasteiger partial charge is 0.374 e. The van der Waals surface area contributed by atoms with E-state index in [-0.39, 0.29) is 16.8 Å². The molecule has 9 heteroatoms. The Balaban J connectivity index is 2.29. The second-order valence-electron chi connectivity index (χ2n) is 4.07. The van der Waals surface area contributed by atoms with Gasteiger partial charge in [0.15, 0.2) is 15.7 Å². The van der Waals surface area contributed by atoms with Gasteiger partial charge in [0.2, 0.25) is 5.13 Å². The molecule has 2 heterocycles. The van der Waals surface area contributed by atoms with E-state index in [0.29, 0.717) is 10.1 Å². The minimum Gasteiger partial charge on any atom is -0.374 e. The minimum absolute atomic E-state index is 0.122. The lowest BCUT2D eigenvalue weighted by atomic mass is 10.4. The molecule has 2 aromatic rings. The molecular weight excluding hydrogens is 300 g/mol. The number of pyridine rings is 1. The lowest BCUT2D eigenvalue weighted by Crippen LogP contribution is -2.04. The Hall–Kier alpha value is -1.58. The fraction of sp³-hybridized carbons (Fsp3) is 0.364. The monoisotopic (exact) mass is 314 g/mol. The van der Waals surface area contributed by atoms with Crippen molar-refractivity contribution in [2.45, 2.75) is 17.9 Å². The first-order valence-corrected chi connectivity index (χ1v) is 8.41. The predicted molar refractivity (Wildman–Crippen MR) is 76.0 cm³/mol. The first-order chi connectivity index (χ1) is 9.41. The second kappa shape index (κ2) is 5.81. The molecule has 0 saturated heterocycles. The van der Waals surface area contributed by atoms with Crippen LogP contribution in [-0.4, -0.2) is 37.0 Å². The van der Waals surface area contributed by atoms with E-state index in [0.717, 1.165) is 6.26 Å². The van der Waals surface area contributed by atoms with Gasteiger partial charge in [-0.15, -0.1) is 10.2 Å². The molecule has 7 nitrogen and oxygen atoms in total. The van der Waals surface area contributed by atoms with Crippen molar-refractivity contribution < 1.29 is 13.2 Å². The third kappa shape index (κ3) is 3.30. The first-order valence-electron chi connectivity index (χ1n) is 5.70. The molecule has 0 radical (unpaired) electrons. The van der Waals surface area contributed by atoms with Crippen LogP contribution in [0.5, 0.6) is 0 Å². The van der Waals surface area contributed by atoms with E-state index < -0.39 is 9.84 Å². The van der Waals surface area contributed by atoms with Crippen LogP contribution in [-0.2, 0) is 14.6 Å². The number of sulfone groups is 1. The van der Waals surface area contributed by atoms with Gasteiger partial charge in [-0.05, 0) is 19.1 Å². The van der Waals surface area contributed by atoms with Gasteiger partial charge in [0.25, 0.3) is 0 Å². The molecule has 1 unspecified atom stereocenters. The smallest absolute Gasteiger partial charge is 0.211 e. The van der Waals surface area contributed by atoms with Gasteiger partial charge in [-0.1, -0.05) is 11.3 Å². The van der Waals surface area contributed by atoms with Crippen molar-refractivity contribution in [1.29, 1.82) is 0 Å². The predicted octanol–water partition coefficient (Wildman–Crippen LogP) is 1.79. The maximum absolute atomic E-state index is 11.7. The van der Waals surface area contributed by atoms with Crippen LogP contribution < -0.4 is 5.32 Å². The number of aromatic nitrogens is 3. The van der Waals surface area contributed by atoms with Gasteiger partial charge < -0.3 is 10.1 Å². The summed E-state index contributed by atoms with van der Waals surface area (Å²) < 4.78 is 28.5. The number of nitrogens with zero attached hydrogens (tertiary/aromatic N) is 3. The number of rotatable bonds is 5. The number of methoxy groups -OCH3 is 1. The van der Waals surface area contributed by atoms with Gasteiger partial charge >= 0.3 is 0 Å². The zero-order valence-electron chi connectivity index (χ0n) is 11.2. The third-order valence-corrected chi connectivity index (χ3v) is 4.67. The van der Waals surface area contributed by atoms with Crippen molar-refractivity contribution in [3.05, 3.63) is 23.3 Å². The van der Waals surface area contributed by atoms with E-state index in [2.05, 4.69) is 20.5 Å². The Morgan fingerprint density at radius 1 is 1.40 bits per heavy atom. The van der Waals surface area contributed by atoms with Crippen molar-refractivity contribution in [3.8, 4) is 0 Å². The molecule has 0 aliphatic carbocycles. The lowest BCUT2D eigenvalue weighted by Gasteiger charge is -2.06. The van der Waals surface area contributed by atoms with Crippen LogP contribution in [0.25, 0.3) is 0 Å². The van der Waals surface area contributed by atoms with E-state index >= 15 is 0 Å². The molecule has 0 saturated carbocycles. The zero-order valence-corrected chi connectivity index (χ0v) is 12.8. The van der Waals surface area contributed by atoms with Crippen molar-refractivity contribution in [2.75, 3.05) is 18.7 Å². The van der Waals surface area contributed by atoms with Crippen molar-refractivity contribution in [1.82, 2.24) is 15.2 Å². The van der Waals surface area contributed by atoms with E-state index in [1.165, 1.54) is 23.6 Å². The topological polar surface area (TPSA) is 94.1 Å². The van der Waals surface area contributed by atoms with Gasteiger partial charge in [-0.2, -0.15) is 0 Å². The molecule has 0 bridgehead atoms. The Morgan fingerprint density at radius 2 is 2.15 bits per heavy atom. The molecule has 20 heavy (non-hydrogen) atoms. The summed E-state index contributed by atoms with van der Waals surface area (Å²) in [6.45, 7) is 1.85. The summed E-state index contributed by atoms with van der Waals surface area (Å²) in [5.74, 6) is 0.239. The minimum atomic E-state index is -3.36. The number of hydrogen-bond acceptors (Lipinski definition) is 8. The highest BCUT2D eigenvalue weighted by Crippen LogP contribution is 2.27. The SMILES string of the molecule is COC(C)c1nnc(Nc2ncccc2S(C)(=O)=O)s1. The fourth-order valence-electron chi connectivity index (χ4n) is 1.44. The average molecular weight is 314 g/mol. The summed E-state index contributed by atoms with van der Waals surface area (Å²) >= 11 is 1.29. The van der Waals surface area contributed by atoms with Crippen LogP contribution in [0.15, 0.2) is 23.2 Å². The molecule has 2 aromatic heterocycles. The van der Waals surface area contributed by atoms with Crippen LogP contribution >= 0.6 is 11.3 Å². The van der Waals surface area contributed by atoms with E-state index in [1.807, 2.05) is 6.92 Å². The summed E-state index contributed by atoms with van der Waals surface area (Å²) in [6, 6.07) is 3.06. The highest BCUT2D eigenvalue weighted by molar-refractivity contribution is 7.90. The quantitative estimate of drug-likeness (QED) is 0.899. The highest BCUT2D eigenvalue weighted by Gasteiger charge is 2.16. The van der Waals surface area contributed by atoms with Crippen molar-refractivity contribution >= 4 is 32.1 Å². The number of nitrogens with one attached hydrogen (secondary N) is 1. The fourth-order valence-corrected chi connectivity index (χ4v) is 2.99. The summed E-state index contributed by atoms with van der Waals surface area (Å²) in [5.41, 5.74) is 0. The molecule has 0 spiro atoms. The van der Waals surface area contributed by atoms with E-state index in [1.54, 1.807) is 13.2 Å². The Kier molecular flexibility index (Phi) is 4.31. The standard InChI is InChI=1S/C11H14N4O3S2/c1-7(18-2)10-14-15-11(19-10)13-9-8(20(3,16)17)5-4-6-12-9/h4-7H,1-3H3,(H,12,13,15). The van der Waals surface area contributed by atoms with Gasteiger partial charge in [-0.3, -0.25) is 0 Å². The molecular formula is C11H14N4O3S2. The van der Waals surface area contributed by atoms with Crippen LogP contribution in [0.1, 0.15) is 18.0 Å². The normalized spacial score (nSPS) is 13.2. The molecule has 0 fully saturated rings. The van der Waals surface area contributed by atoms with Gasteiger partial charge in [0.1, 0.15) is 16.0 Å². The molecule has 108 valence electrons. The Labute approximate surface area is 121 Å². The summed E-state index contributed by atoms with van der Waals surface area (Å²) in [5, 5.41) is 12.0. The van der Waals surface area contributed by atoms with Crippen LogP contribution in [0.4, 0.5) is 10.9 Å². The second-order valence-corrected chi connectivity index (χ2v) is 7.06. The Bertz CT molecular complexity index is 699. The summed E-state index contributed by atoms with van der Waals surface area (Å²) in [4.78, 5) is 4.15. The van der Waals surface area contributed by atoms with E-state index in [4.69, 9.17) is 4.74 Å². The van der Waals surface area contributed by atoms with Gasteiger partial charge in [0.05, 0.1) is 0 Å². The first kappa shape index (κ1) is 14.8. The molecule has 0 aliphatic rings. The molecule has 0 aromatic carbocycles. The average Bonchev–Trinajstić information content (AvgIpc) is 2.86. The maximum Gasteiger partial charge on any atom is 0.211 e. The molecule has 0 aliphatic heterocycles. The van der Waals surface area contributed by atoms with Gasteiger partial charge in [0, 0.05) is 19.6 Å². The van der Waals surface area contributed by atoms with Crippen LogP contribution in [0.3, 0.4) is 0 Å². The number of ether oxygens (including phenoxy) is 1. The number of anilines is 2. The highest BCUT2D eigenvalue weighted by atomic mass is 32.2. The van der Waals surface area contributed by atoms with Crippen molar-refractivity contribution in [3.63, 3.8) is 0 Å².